The highest BCUT2D eigenvalue weighted by molar-refractivity contribution is 7.13. The van der Waals surface area contributed by atoms with E-state index in [1.807, 2.05) is 35.2 Å². The molecule has 4 aromatic rings. The molecule has 0 saturated carbocycles. The summed E-state index contributed by atoms with van der Waals surface area (Å²) in [6, 6.07) is 9.57. The number of aromatic nitrogens is 6. The molecule has 0 atom stereocenters. The Morgan fingerprint density at radius 2 is 2.00 bits per heavy atom. The second kappa shape index (κ2) is 7.67. The van der Waals surface area contributed by atoms with Crippen LogP contribution in [0.5, 0.6) is 0 Å². The molecule has 0 radical (unpaired) electrons. The predicted octanol–water partition coefficient (Wildman–Crippen LogP) is 1.82. The van der Waals surface area contributed by atoms with Gasteiger partial charge in [0, 0.05) is 19.0 Å². The molecule has 2 N–H and O–H groups in total. The van der Waals surface area contributed by atoms with Gasteiger partial charge in [-0.05, 0) is 25.0 Å². The van der Waals surface area contributed by atoms with Crippen LogP contribution in [0.15, 0.2) is 46.8 Å². The Hall–Kier alpha value is -3.60. The Bertz CT molecular complexity index is 1230. The van der Waals surface area contributed by atoms with Crippen LogP contribution in [0.2, 0.25) is 0 Å². The summed E-state index contributed by atoms with van der Waals surface area (Å²) in [5, 5.41) is 15.7. The van der Waals surface area contributed by atoms with E-state index in [-0.39, 0.29) is 17.4 Å². The Morgan fingerprint density at radius 1 is 1.20 bits per heavy atom. The number of piperidine rings is 1. The van der Waals surface area contributed by atoms with E-state index in [9.17, 15) is 9.59 Å². The molecule has 1 aliphatic rings. The Balaban J connectivity index is 1.36. The molecule has 1 aliphatic heterocycles. The molecule has 4 heterocycles. The van der Waals surface area contributed by atoms with Crippen LogP contribution in [0.4, 0.5) is 11.1 Å². The van der Waals surface area contributed by atoms with Crippen LogP contribution in [0.3, 0.4) is 0 Å². The number of anilines is 2. The zero-order chi connectivity index (χ0) is 20.5. The fraction of sp³-hybridized carbons (Fsp3) is 0.263. The van der Waals surface area contributed by atoms with Crippen LogP contribution in [0, 0.1) is 5.92 Å². The van der Waals surface area contributed by atoms with Crippen LogP contribution in [0.1, 0.15) is 12.8 Å². The molecule has 0 spiro atoms. The van der Waals surface area contributed by atoms with E-state index in [1.165, 1.54) is 17.5 Å². The highest BCUT2D eigenvalue weighted by Gasteiger charge is 2.27. The first-order valence-electron chi connectivity index (χ1n) is 9.54. The van der Waals surface area contributed by atoms with Crippen molar-refractivity contribution in [3.8, 4) is 5.69 Å². The van der Waals surface area contributed by atoms with Crippen molar-refractivity contribution in [2.45, 2.75) is 12.8 Å². The van der Waals surface area contributed by atoms with E-state index in [2.05, 4.69) is 30.6 Å². The van der Waals surface area contributed by atoms with Crippen molar-refractivity contribution in [3.05, 3.63) is 52.4 Å². The maximum absolute atomic E-state index is 12.6. The number of carbonyl (C=O) groups is 1. The van der Waals surface area contributed by atoms with Crippen molar-refractivity contribution in [1.29, 1.82) is 0 Å². The monoisotopic (exact) mass is 422 g/mol. The molecule has 1 amide bonds. The summed E-state index contributed by atoms with van der Waals surface area (Å²) >= 11 is 1.29. The maximum Gasteiger partial charge on any atom is 0.263 e. The lowest BCUT2D eigenvalue weighted by Gasteiger charge is -2.31. The molecule has 5 rings (SSSR count). The van der Waals surface area contributed by atoms with Crippen molar-refractivity contribution >= 4 is 39.4 Å². The minimum Gasteiger partial charge on any atom is -0.342 e. The number of fused-ring (bicyclic) bond motifs is 1. The van der Waals surface area contributed by atoms with Crippen LogP contribution in [-0.4, -0.2) is 48.9 Å². The zero-order valence-electron chi connectivity index (χ0n) is 15.9. The highest BCUT2D eigenvalue weighted by atomic mass is 32.1. The summed E-state index contributed by atoms with van der Waals surface area (Å²) in [5.41, 5.74) is 2.70. The normalized spacial score (nSPS) is 14.9. The highest BCUT2D eigenvalue weighted by Crippen LogP contribution is 2.23. The topological polar surface area (TPSA) is 122 Å². The lowest BCUT2D eigenvalue weighted by atomic mass is 9.96. The number of H-pyrrole nitrogens is 1. The van der Waals surface area contributed by atoms with Gasteiger partial charge in [0.25, 0.3) is 5.56 Å². The minimum absolute atomic E-state index is 0.0505. The third kappa shape index (κ3) is 3.43. The zero-order valence-corrected chi connectivity index (χ0v) is 16.7. The number of nitrogens with one attached hydrogen (secondary N) is 2. The van der Waals surface area contributed by atoms with Gasteiger partial charge in [-0.25, -0.2) is 4.68 Å². The molecule has 152 valence electrons. The molecule has 30 heavy (non-hydrogen) atoms. The van der Waals surface area contributed by atoms with E-state index in [0.717, 1.165) is 5.69 Å². The fourth-order valence-corrected chi connectivity index (χ4v) is 4.05. The molecule has 0 bridgehead atoms. The van der Waals surface area contributed by atoms with Gasteiger partial charge < -0.3 is 10.2 Å². The summed E-state index contributed by atoms with van der Waals surface area (Å²) in [5.74, 6) is 0.328. The van der Waals surface area contributed by atoms with Crippen LogP contribution in [-0.2, 0) is 4.79 Å². The fourth-order valence-electron chi connectivity index (χ4n) is 3.60. The summed E-state index contributed by atoms with van der Waals surface area (Å²) in [7, 11) is 0. The van der Waals surface area contributed by atoms with Crippen LogP contribution < -0.4 is 15.8 Å². The minimum atomic E-state index is -0.228. The third-order valence-corrected chi connectivity index (χ3v) is 5.79. The molecule has 3 aromatic heterocycles. The molecule has 11 heteroatoms. The van der Waals surface area contributed by atoms with Crippen LogP contribution >= 0.6 is 11.3 Å². The second-order valence-corrected chi connectivity index (χ2v) is 7.85. The average molecular weight is 422 g/mol. The summed E-state index contributed by atoms with van der Waals surface area (Å²) in [6.45, 7) is 1.23. The van der Waals surface area contributed by atoms with E-state index < -0.39 is 0 Å². The van der Waals surface area contributed by atoms with Crippen molar-refractivity contribution in [3.63, 3.8) is 0 Å². The van der Waals surface area contributed by atoms with Gasteiger partial charge in [-0.1, -0.05) is 29.5 Å². The summed E-state index contributed by atoms with van der Waals surface area (Å²) < 4.78 is 1.66. The number of rotatable bonds is 4. The molecular formula is C19H18N8O2S. The van der Waals surface area contributed by atoms with E-state index in [0.29, 0.717) is 48.0 Å². The Labute approximate surface area is 174 Å². The molecule has 0 aliphatic carbocycles. The van der Waals surface area contributed by atoms with Crippen molar-refractivity contribution < 1.29 is 4.79 Å². The Morgan fingerprint density at radius 3 is 2.73 bits per heavy atom. The molecule has 1 saturated heterocycles. The lowest BCUT2D eigenvalue weighted by molar-refractivity contribution is -0.120. The maximum atomic E-state index is 12.6. The van der Waals surface area contributed by atoms with Crippen molar-refractivity contribution in [1.82, 2.24) is 29.9 Å². The SMILES string of the molecule is O=C(Nc1nncs1)C1CCN(c2nc3c(cnn3-c3ccccc3)c(=O)[nH]2)CC1. The summed E-state index contributed by atoms with van der Waals surface area (Å²) in [4.78, 5) is 34.5. The van der Waals surface area contributed by atoms with Crippen molar-refractivity contribution in [2.24, 2.45) is 5.92 Å². The van der Waals surface area contributed by atoms with E-state index >= 15 is 0 Å². The first kappa shape index (κ1) is 18.4. The van der Waals surface area contributed by atoms with Crippen molar-refractivity contribution in [2.75, 3.05) is 23.3 Å². The van der Waals surface area contributed by atoms with Gasteiger partial charge in [-0.15, -0.1) is 10.2 Å². The number of hydrogen-bond donors (Lipinski definition) is 2. The standard InChI is InChI=1S/C19H18N8O2S/c28-16(24-19-25-20-11-30-19)12-6-8-26(9-7-12)18-22-15-14(17(29)23-18)10-21-27(15)13-4-2-1-3-5-13/h1-5,10-12H,6-9H2,(H,22,23,29)(H,24,25,28). The molecule has 10 nitrogen and oxygen atoms in total. The van der Waals surface area contributed by atoms with Gasteiger partial charge >= 0.3 is 0 Å². The molecule has 0 unspecified atom stereocenters. The number of carbonyl (C=O) groups excluding carboxylic acids is 1. The van der Waals surface area contributed by atoms with Gasteiger partial charge in [0.15, 0.2) is 5.65 Å². The van der Waals surface area contributed by atoms with Gasteiger partial charge in [0.2, 0.25) is 17.0 Å². The van der Waals surface area contributed by atoms with E-state index in [1.54, 1.807) is 10.2 Å². The first-order chi connectivity index (χ1) is 14.7. The molecular weight excluding hydrogens is 404 g/mol. The number of amides is 1. The van der Waals surface area contributed by atoms with Gasteiger partial charge in [0.05, 0.1) is 11.9 Å². The predicted molar refractivity (Wildman–Crippen MR) is 113 cm³/mol. The van der Waals surface area contributed by atoms with E-state index in [4.69, 9.17) is 0 Å². The largest absolute Gasteiger partial charge is 0.342 e. The first-order valence-corrected chi connectivity index (χ1v) is 10.4. The number of hydrogen-bond acceptors (Lipinski definition) is 8. The number of aromatic amines is 1. The summed E-state index contributed by atoms with van der Waals surface area (Å²) in [6.07, 6.45) is 2.84. The lowest BCUT2D eigenvalue weighted by Crippen LogP contribution is -2.39. The number of para-hydroxylation sites is 1. The smallest absolute Gasteiger partial charge is 0.263 e. The number of benzene rings is 1. The van der Waals surface area contributed by atoms with Gasteiger partial charge in [-0.2, -0.15) is 10.1 Å². The number of nitrogens with zero attached hydrogens (tertiary/aromatic N) is 6. The van der Waals surface area contributed by atoms with Gasteiger partial charge in [-0.3, -0.25) is 14.6 Å². The average Bonchev–Trinajstić information content (AvgIpc) is 3.44. The van der Waals surface area contributed by atoms with Gasteiger partial charge in [0.1, 0.15) is 10.9 Å². The Kier molecular flexibility index (Phi) is 4.71. The second-order valence-electron chi connectivity index (χ2n) is 7.01. The molecule has 1 aromatic carbocycles. The molecule has 1 fully saturated rings. The third-order valence-electron chi connectivity index (χ3n) is 5.18. The quantitative estimate of drug-likeness (QED) is 0.514. The van der Waals surface area contributed by atoms with Crippen LogP contribution in [0.25, 0.3) is 16.7 Å².